The highest BCUT2D eigenvalue weighted by atomic mass is 16.4. The number of aromatic nitrogens is 3. The van der Waals surface area contributed by atoms with Crippen molar-refractivity contribution in [1.29, 1.82) is 0 Å². The van der Waals surface area contributed by atoms with Gasteiger partial charge in [0.2, 0.25) is 0 Å². The highest BCUT2D eigenvalue weighted by molar-refractivity contribution is 5.75. The third-order valence-electron chi connectivity index (χ3n) is 3.68. The number of nitrogens with zero attached hydrogens (tertiary/aromatic N) is 3. The Morgan fingerprint density at radius 3 is 2.82 bits per heavy atom. The zero-order valence-corrected chi connectivity index (χ0v) is 13.4. The Balaban J connectivity index is 2.06. The molecule has 0 fully saturated rings. The van der Waals surface area contributed by atoms with Gasteiger partial charge < -0.3 is 10.4 Å². The topological polar surface area (TPSA) is 80.0 Å². The number of fused-ring (bicyclic) bond motifs is 1. The summed E-state index contributed by atoms with van der Waals surface area (Å²) in [7, 11) is 0. The van der Waals surface area contributed by atoms with E-state index in [1.165, 1.54) is 0 Å². The lowest BCUT2D eigenvalue weighted by Crippen LogP contribution is -2.36. The van der Waals surface area contributed by atoms with Crippen molar-refractivity contribution < 1.29 is 9.90 Å². The summed E-state index contributed by atoms with van der Waals surface area (Å²) < 4.78 is 1.88. The van der Waals surface area contributed by atoms with E-state index in [4.69, 9.17) is 0 Å². The molecule has 2 N–H and O–H groups in total. The maximum Gasteiger partial charge on any atom is 0.320 e. The van der Waals surface area contributed by atoms with Crippen LogP contribution in [0.15, 0.2) is 18.5 Å². The van der Waals surface area contributed by atoms with E-state index in [-0.39, 0.29) is 6.04 Å². The zero-order valence-electron chi connectivity index (χ0n) is 13.4. The first-order chi connectivity index (χ1) is 10.5. The van der Waals surface area contributed by atoms with Crippen molar-refractivity contribution in [3.05, 3.63) is 24.0 Å². The van der Waals surface area contributed by atoms with Crippen molar-refractivity contribution in [2.45, 2.75) is 58.7 Å². The molecule has 1 unspecified atom stereocenters. The predicted molar refractivity (Wildman–Crippen MR) is 85.7 cm³/mol. The number of hydrogen-bond donors (Lipinski definition) is 2. The maximum absolute atomic E-state index is 11.2. The molecule has 6 heteroatoms. The molecular formula is C16H24N4O2. The largest absolute Gasteiger partial charge is 0.480 e. The van der Waals surface area contributed by atoms with Crippen LogP contribution in [0.5, 0.6) is 0 Å². The summed E-state index contributed by atoms with van der Waals surface area (Å²) in [5.41, 5.74) is 1.83. The Labute approximate surface area is 130 Å². The molecule has 0 aliphatic carbocycles. The van der Waals surface area contributed by atoms with E-state index in [1.54, 1.807) is 12.4 Å². The molecule has 120 valence electrons. The molecule has 0 radical (unpaired) electrons. The minimum atomic E-state index is -0.796. The quantitative estimate of drug-likeness (QED) is 0.784. The molecule has 6 nitrogen and oxygen atoms in total. The first kappa shape index (κ1) is 16.4. The Morgan fingerprint density at radius 1 is 1.41 bits per heavy atom. The predicted octanol–water partition coefficient (Wildman–Crippen LogP) is 2.75. The number of hydrogen-bond acceptors (Lipinski definition) is 4. The molecular weight excluding hydrogens is 280 g/mol. The molecule has 0 aliphatic heterocycles. The normalized spacial score (nSPS) is 12.9. The number of pyridine rings is 1. The molecule has 0 aromatic carbocycles. The van der Waals surface area contributed by atoms with Crippen molar-refractivity contribution in [3.8, 4) is 0 Å². The first-order valence-electron chi connectivity index (χ1n) is 7.81. The maximum atomic E-state index is 11.2. The van der Waals surface area contributed by atoms with Crippen LogP contribution in [0.3, 0.4) is 0 Å². The number of carboxylic acids is 1. The molecule has 0 bridgehead atoms. The van der Waals surface area contributed by atoms with Crippen molar-refractivity contribution in [2.24, 2.45) is 0 Å². The summed E-state index contributed by atoms with van der Waals surface area (Å²) in [6.07, 6.45) is 6.13. The summed E-state index contributed by atoms with van der Waals surface area (Å²) in [5.74, 6) is -0.796. The highest BCUT2D eigenvalue weighted by Gasteiger charge is 2.16. The average molecular weight is 304 g/mol. The summed E-state index contributed by atoms with van der Waals surface area (Å²) in [4.78, 5) is 15.7. The van der Waals surface area contributed by atoms with E-state index in [0.717, 1.165) is 29.4 Å². The van der Waals surface area contributed by atoms with Crippen LogP contribution in [0.4, 0.5) is 0 Å². The van der Waals surface area contributed by atoms with Gasteiger partial charge in [-0.05, 0) is 31.9 Å². The third-order valence-corrected chi connectivity index (χ3v) is 3.68. The van der Waals surface area contributed by atoms with Gasteiger partial charge in [-0.25, -0.2) is 9.67 Å². The Bertz CT molecular complexity index is 636. The van der Waals surface area contributed by atoms with Crippen LogP contribution in [-0.2, 0) is 11.3 Å². The summed E-state index contributed by atoms with van der Waals surface area (Å²) >= 11 is 0. The van der Waals surface area contributed by atoms with Crippen LogP contribution < -0.4 is 5.32 Å². The van der Waals surface area contributed by atoms with Crippen molar-refractivity contribution in [3.63, 3.8) is 0 Å². The van der Waals surface area contributed by atoms with Crippen LogP contribution in [0.1, 0.15) is 51.6 Å². The fourth-order valence-corrected chi connectivity index (χ4v) is 2.42. The molecule has 0 saturated heterocycles. The number of nitrogens with one attached hydrogen (secondary N) is 1. The van der Waals surface area contributed by atoms with Crippen LogP contribution in [-0.4, -0.2) is 31.9 Å². The molecule has 1 atom stereocenters. The summed E-state index contributed by atoms with van der Waals surface area (Å²) in [6, 6.07) is 1.77. The molecule has 2 aromatic heterocycles. The van der Waals surface area contributed by atoms with Gasteiger partial charge in [-0.1, -0.05) is 19.8 Å². The van der Waals surface area contributed by atoms with Gasteiger partial charge in [0, 0.05) is 24.2 Å². The van der Waals surface area contributed by atoms with E-state index >= 15 is 0 Å². The van der Waals surface area contributed by atoms with E-state index in [0.29, 0.717) is 13.0 Å². The molecule has 0 aliphatic rings. The van der Waals surface area contributed by atoms with Gasteiger partial charge in [-0.3, -0.25) is 4.79 Å². The summed E-state index contributed by atoms with van der Waals surface area (Å²) in [6.45, 7) is 6.68. The fraction of sp³-hybridized carbons (Fsp3) is 0.562. The van der Waals surface area contributed by atoms with Gasteiger partial charge in [-0.15, -0.1) is 0 Å². The second-order valence-corrected chi connectivity index (χ2v) is 5.85. The van der Waals surface area contributed by atoms with Crippen molar-refractivity contribution in [1.82, 2.24) is 20.1 Å². The minimum absolute atomic E-state index is 0.263. The average Bonchev–Trinajstić information content (AvgIpc) is 2.90. The fourth-order valence-electron chi connectivity index (χ4n) is 2.42. The van der Waals surface area contributed by atoms with Gasteiger partial charge in [0.15, 0.2) is 5.65 Å². The molecule has 0 spiro atoms. The van der Waals surface area contributed by atoms with Crippen molar-refractivity contribution in [2.75, 3.05) is 0 Å². The molecule has 2 rings (SSSR count). The van der Waals surface area contributed by atoms with Gasteiger partial charge in [0.05, 0.1) is 6.20 Å². The van der Waals surface area contributed by atoms with Crippen LogP contribution in [0, 0.1) is 0 Å². The molecule has 22 heavy (non-hydrogen) atoms. The number of rotatable bonds is 8. The van der Waals surface area contributed by atoms with Gasteiger partial charge in [-0.2, -0.15) is 5.10 Å². The lowest BCUT2D eigenvalue weighted by molar-refractivity contribution is -0.139. The first-order valence-corrected chi connectivity index (χ1v) is 7.81. The van der Waals surface area contributed by atoms with Crippen molar-refractivity contribution >= 4 is 17.0 Å². The third kappa shape index (κ3) is 3.82. The minimum Gasteiger partial charge on any atom is -0.480 e. The Morgan fingerprint density at radius 2 is 2.18 bits per heavy atom. The number of carboxylic acid groups (broad SMARTS) is 1. The highest BCUT2D eigenvalue weighted by Crippen LogP contribution is 2.16. The van der Waals surface area contributed by atoms with E-state index in [9.17, 15) is 9.90 Å². The SMILES string of the molecule is CCCCC(NCc1cnc2c(cnn2C(C)C)c1)C(=O)O. The van der Waals surface area contributed by atoms with Crippen LogP contribution in [0.2, 0.25) is 0 Å². The van der Waals surface area contributed by atoms with Gasteiger partial charge in [0.25, 0.3) is 0 Å². The Hall–Kier alpha value is -1.95. The van der Waals surface area contributed by atoms with E-state index in [2.05, 4.69) is 36.2 Å². The van der Waals surface area contributed by atoms with E-state index < -0.39 is 12.0 Å². The zero-order chi connectivity index (χ0) is 16.1. The molecule has 0 saturated carbocycles. The monoisotopic (exact) mass is 304 g/mol. The number of carbonyl (C=O) groups is 1. The summed E-state index contributed by atoms with van der Waals surface area (Å²) in [5, 5.41) is 17.6. The Kier molecular flexibility index (Phi) is 5.49. The smallest absolute Gasteiger partial charge is 0.320 e. The molecule has 2 aromatic rings. The number of aliphatic carboxylic acids is 1. The van der Waals surface area contributed by atoms with Crippen LogP contribution in [0.25, 0.3) is 11.0 Å². The standard InChI is InChI=1S/C16H24N4O2/c1-4-5-6-14(16(21)22)17-8-12-7-13-10-19-20(11(2)3)15(13)18-9-12/h7,9-11,14,17H,4-6,8H2,1-3H3,(H,21,22). The molecule has 0 amide bonds. The van der Waals surface area contributed by atoms with Crippen LogP contribution >= 0.6 is 0 Å². The lowest BCUT2D eigenvalue weighted by atomic mass is 10.1. The second-order valence-electron chi connectivity index (χ2n) is 5.85. The van der Waals surface area contributed by atoms with Gasteiger partial charge in [0.1, 0.15) is 6.04 Å². The molecule has 2 heterocycles. The number of unbranched alkanes of at least 4 members (excludes halogenated alkanes) is 1. The van der Waals surface area contributed by atoms with Gasteiger partial charge >= 0.3 is 5.97 Å². The van der Waals surface area contributed by atoms with E-state index in [1.807, 2.05) is 10.7 Å². The second kappa shape index (κ2) is 7.35. The lowest BCUT2D eigenvalue weighted by Gasteiger charge is -2.14.